The van der Waals surface area contributed by atoms with E-state index in [4.69, 9.17) is 16.7 Å². The molecule has 3 N–H and O–H groups in total. The molecule has 5 heteroatoms. The van der Waals surface area contributed by atoms with Crippen LogP contribution in [0, 0.1) is 5.92 Å². The molecule has 1 fully saturated rings. The maximum Gasteiger partial charge on any atom is 0.303 e. The molecule has 0 aliphatic heterocycles. The van der Waals surface area contributed by atoms with E-state index >= 15 is 0 Å². The Bertz CT molecular complexity index is 643. The minimum atomic E-state index is -0.767. The number of alkyl halides is 1. The number of rotatable bonds is 12. The molecule has 1 aromatic rings. The number of halogens is 1. The van der Waals surface area contributed by atoms with Crippen molar-refractivity contribution in [2.75, 3.05) is 0 Å². The lowest BCUT2D eigenvalue weighted by atomic mass is 9.84. The smallest absolute Gasteiger partial charge is 0.303 e. The second-order valence-electron chi connectivity index (χ2n) is 8.18. The van der Waals surface area contributed by atoms with Gasteiger partial charge in [-0.1, -0.05) is 62.6 Å². The number of carbonyl (C=O) groups is 1. The van der Waals surface area contributed by atoms with Crippen molar-refractivity contribution in [1.29, 1.82) is 0 Å². The topological polar surface area (TPSA) is 77.8 Å². The van der Waals surface area contributed by atoms with Crippen molar-refractivity contribution >= 4 is 17.6 Å². The van der Waals surface area contributed by atoms with Gasteiger partial charge in [0.1, 0.15) is 0 Å². The van der Waals surface area contributed by atoms with Crippen molar-refractivity contribution in [3.8, 4) is 0 Å². The third-order valence-electron chi connectivity index (χ3n) is 5.93. The average Bonchev–Trinajstić information content (AvgIpc) is 2.97. The number of allylic oxidation sites excluding steroid dienone is 2. The van der Waals surface area contributed by atoms with Crippen molar-refractivity contribution in [2.45, 2.75) is 88.2 Å². The molecule has 0 radical (unpaired) electrons. The quantitative estimate of drug-likeness (QED) is 0.233. The maximum atomic E-state index is 10.6. The fourth-order valence-corrected chi connectivity index (χ4v) is 4.71. The fraction of sp³-hybridized carbons (Fsp3) is 0.625. The number of aliphatic hydroxyl groups excluding tert-OH is 2. The Morgan fingerprint density at radius 1 is 1.21 bits per heavy atom. The summed E-state index contributed by atoms with van der Waals surface area (Å²) in [5.41, 5.74) is 1.99. The third kappa shape index (κ3) is 7.44. The van der Waals surface area contributed by atoms with Gasteiger partial charge in [0.25, 0.3) is 0 Å². The Balaban J connectivity index is 1.96. The predicted octanol–water partition coefficient (Wildman–Crippen LogP) is 5.57. The molecule has 162 valence electrons. The molecule has 1 aliphatic rings. The first kappa shape index (κ1) is 23.9. The van der Waals surface area contributed by atoms with Crippen LogP contribution in [0.3, 0.4) is 0 Å². The Morgan fingerprint density at radius 3 is 2.59 bits per heavy atom. The molecule has 2 rings (SSSR count). The lowest BCUT2D eigenvalue weighted by Crippen LogP contribution is -2.18. The molecule has 1 aromatic carbocycles. The van der Waals surface area contributed by atoms with Crippen molar-refractivity contribution in [2.24, 2.45) is 5.92 Å². The zero-order chi connectivity index (χ0) is 21.2. The summed E-state index contributed by atoms with van der Waals surface area (Å²) in [5, 5.41) is 29.5. The number of unbranched alkanes of at least 4 members (excludes halogenated alkanes) is 3. The first-order chi connectivity index (χ1) is 13.9. The molecular weight excluding hydrogens is 388 g/mol. The number of carboxylic acid groups (broad SMARTS) is 1. The second kappa shape index (κ2) is 12.4. The first-order valence-corrected chi connectivity index (χ1v) is 11.3. The summed E-state index contributed by atoms with van der Waals surface area (Å²) in [7, 11) is 0. The largest absolute Gasteiger partial charge is 0.481 e. The zero-order valence-corrected chi connectivity index (χ0v) is 18.1. The van der Waals surface area contributed by atoms with Crippen LogP contribution in [-0.4, -0.2) is 32.8 Å². The van der Waals surface area contributed by atoms with Gasteiger partial charge in [-0.05, 0) is 49.1 Å². The molecule has 1 saturated carbocycles. The minimum Gasteiger partial charge on any atom is -0.481 e. The van der Waals surface area contributed by atoms with E-state index in [0.717, 1.165) is 49.7 Å². The van der Waals surface area contributed by atoms with Crippen LogP contribution in [0.25, 0.3) is 0 Å². The number of aliphatic carboxylic acids is 1. The van der Waals surface area contributed by atoms with E-state index in [-0.39, 0.29) is 23.6 Å². The standard InChI is InChI=1S/C24H35ClO4/c1-2-3-6-10-21(26)17-12-14-18(15-13-17)24-19(20(25)16-22(24)27)9-7-4-5-8-11-23(28)29/h4,7,12-15,19-22,24,26-27H,2-3,5-6,8-11,16H2,1H3,(H,28,29)/t19-,20+,21+,22+,24+/m0/s1. The Kier molecular flexibility index (Phi) is 10.2. The van der Waals surface area contributed by atoms with Crippen LogP contribution in [0.5, 0.6) is 0 Å². The molecule has 4 nitrogen and oxygen atoms in total. The summed E-state index contributed by atoms with van der Waals surface area (Å²) in [5.74, 6) is -0.646. The van der Waals surface area contributed by atoms with Gasteiger partial charge >= 0.3 is 5.97 Å². The predicted molar refractivity (Wildman–Crippen MR) is 117 cm³/mol. The SMILES string of the molecule is CCCCC[C@@H](O)c1ccc([C@@H]2[C@@H](CC=CCCCC(=O)O)[C@H](Cl)C[C@H]2O)cc1. The number of carboxylic acids is 1. The van der Waals surface area contributed by atoms with Crippen molar-refractivity contribution < 1.29 is 20.1 Å². The van der Waals surface area contributed by atoms with Crippen LogP contribution in [0.15, 0.2) is 36.4 Å². The molecular formula is C24H35ClO4. The summed E-state index contributed by atoms with van der Waals surface area (Å²) in [6.45, 7) is 2.15. The summed E-state index contributed by atoms with van der Waals surface area (Å²) in [4.78, 5) is 10.6. The van der Waals surface area contributed by atoms with Crippen LogP contribution < -0.4 is 0 Å². The van der Waals surface area contributed by atoms with E-state index in [1.165, 1.54) is 0 Å². The van der Waals surface area contributed by atoms with Gasteiger partial charge in [0.15, 0.2) is 0 Å². The van der Waals surface area contributed by atoms with Gasteiger partial charge in [-0.25, -0.2) is 0 Å². The average molecular weight is 423 g/mol. The van der Waals surface area contributed by atoms with E-state index in [1.807, 2.05) is 30.3 Å². The van der Waals surface area contributed by atoms with Gasteiger partial charge in [-0.15, -0.1) is 11.6 Å². The summed E-state index contributed by atoms with van der Waals surface area (Å²) in [6, 6.07) is 7.98. The molecule has 0 saturated heterocycles. The monoisotopic (exact) mass is 422 g/mol. The Hall–Kier alpha value is -1.36. The van der Waals surface area contributed by atoms with Crippen LogP contribution in [0.2, 0.25) is 0 Å². The highest BCUT2D eigenvalue weighted by molar-refractivity contribution is 6.21. The molecule has 0 amide bonds. The number of benzene rings is 1. The summed E-state index contributed by atoms with van der Waals surface area (Å²) < 4.78 is 0. The summed E-state index contributed by atoms with van der Waals surface area (Å²) >= 11 is 6.54. The van der Waals surface area contributed by atoms with Gasteiger partial charge < -0.3 is 15.3 Å². The maximum absolute atomic E-state index is 10.6. The summed E-state index contributed by atoms with van der Waals surface area (Å²) in [6.07, 6.45) is 10.2. The van der Waals surface area contributed by atoms with Crippen molar-refractivity contribution in [3.05, 3.63) is 47.5 Å². The van der Waals surface area contributed by atoms with Crippen LogP contribution >= 0.6 is 11.6 Å². The van der Waals surface area contributed by atoms with Gasteiger partial charge in [0, 0.05) is 17.7 Å². The lowest BCUT2D eigenvalue weighted by molar-refractivity contribution is -0.137. The zero-order valence-electron chi connectivity index (χ0n) is 17.3. The van der Waals surface area contributed by atoms with Gasteiger partial charge in [0.2, 0.25) is 0 Å². The molecule has 0 spiro atoms. The molecule has 0 aromatic heterocycles. The van der Waals surface area contributed by atoms with Crippen LogP contribution in [0.1, 0.15) is 87.9 Å². The fourth-order valence-electron chi connectivity index (χ4n) is 4.26. The van der Waals surface area contributed by atoms with Crippen molar-refractivity contribution in [1.82, 2.24) is 0 Å². The number of hydrogen-bond donors (Lipinski definition) is 3. The highest BCUT2D eigenvalue weighted by atomic mass is 35.5. The molecule has 29 heavy (non-hydrogen) atoms. The minimum absolute atomic E-state index is 0.0209. The Morgan fingerprint density at radius 2 is 1.93 bits per heavy atom. The molecule has 1 aliphatic carbocycles. The molecule has 0 bridgehead atoms. The van der Waals surface area contributed by atoms with Crippen LogP contribution in [-0.2, 0) is 4.79 Å². The lowest BCUT2D eigenvalue weighted by Gasteiger charge is -2.23. The van der Waals surface area contributed by atoms with E-state index in [0.29, 0.717) is 12.8 Å². The molecule has 0 heterocycles. The van der Waals surface area contributed by atoms with E-state index in [2.05, 4.69) is 13.0 Å². The van der Waals surface area contributed by atoms with Crippen LogP contribution in [0.4, 0.5) is 0 Å². The van der Waals surface area contributed by atoms with Crippen molar-refractivity contribution in [3.63, 3.8) is 0 Å². The highest BCUT2D eigenvalue weighted by Gasteiger charge is 2.41. The molecule has 5 atom stereocenters. The van der Waals surface area contributed by atoms with Gasteiger partial charge in [0.05, 0.1) is 12.2 Å². The van der Waals surface area contributed by atoms with Gasteiger partial charge in [-0.3, -0.25) is 4.79 Å². The third-order valence-corrected chi connectivity index (χ3v) is 6.43. The number of aliphatic hydroxyl groups is 2. The second-order valence-corrected chi connectivity index (χ2v) is 8.74. The Labute approximate surface area is 179 Å². The normalized spacial score (nSPS) is 25.5. The van der Waals surface area contributed by atoms with E-state index in [9.17, 15) is 15.0 Å². The van der Waals surface area contributed by atoms with E-state index in [1.54, 1.807) is 0 Å². The van der Waals surface area contributed by atoms with Gasteiger partial charge in [-0.2, -0.15) is 0 Å². The first-order valence-electron chi connectivity index (χ1n) is 10.9. The van der Waals surface area contributed by atoms with E-state index < -0.39 is 18.2 Å². The number of hydrogen-bond acceptors (Lipinski definition) is 3. The molecule has 0 unspecified atom stereocenters. The highest BCUT2D eigenvalue weighted by Crippen LogP contribution is 2.45.